The van der Waals surface area contributed by atoms with Gasteiger partial charge in [-0.3, -0.25) is 14.4 Å². The van der Waals surface area contributed by atoms with E-state index in [1.807, 2.05) is 0 Å². The maximum absolute atomic E-state index is 13.1. The van der Waals surface area contributed by atoms with Crippen LogP contribution < -0.4 is 15.4 Å². The summed E-state index contributed by atoms with van der Waals surface area (Å²) in [6.07, 6.45) is 3.04. The number of methoxy groups -OCH3 is 1. The number of nitrogens with zero attached hydrogens (tertiary/aromatic N) is 1. The topological polar surface area (TPSA) is 97.4 Å². The summed E-state index contributed by atoms with van der Waals surface area (Å²) in [4.78, 5) is 42.3. The van der Waals surface area contributed by atoms with Crippen LogP contribution in [-0.2, 0) is 11.3 Å². The maximum Gasteiger partial charge on any atom is 0.259 e. The van der Waals surface area contributed by atoms with Gasteiger partial charge in [0.05, 0.1) is 28.4 Å². The van der Waals surface area contributed by atoms with Gasteiger partial charge in [0, 0.05) is 29.9 Å². The minimum absolute atomic E-state index is 0.0669. The van der Waals surface area contributed by atoms with Gasteiger partial charge >= 0.3 is 0 Å². The normalized spacial score (nSPS) is 14.0. The van der Waals surface area contributed by atoms with Crippen molar-refractivity contribution in [1.29, 1.82) is 0 Å². The summed E-state index contributed by atoms with van der Waals surface area (Å²) >= 11 is 12.0. The van der Waals surface area contributed by atoms with Crippen LogP contribution in [0.25, 0.3) is 6.08 Å². The highest BCUT2D eigenvalue weighted by Crippen LogP contribution is 2.29. The molecule has 0 aliphatic carbocycles. The number of carbonyl (C=O) groups is 3. The molecule has 1 aliphatic heterocycles. The first-order valence-corrected chi connectivity index (χ1v) is 10.6. The minimum Gasteiger partial charge on any atom is -0.481 e. The van der Waals surface area contributed by atoms with Crippen LogP contribution in [-0.4, -0.2) is 29.7 Å². The first-order chi connectivity index (χ1) is 15.9. The predicted molar refractivity (Wildman–Crippen MR) is 126 cm³/mol. The van der Waals surface area contributed by atoms with Crippen LogP contribution in [0.4, 0.5) is 5.69 Å². The molecule has 7 nitrogen and oxygen atoms in total. The molecule has 0 atom stereocenters. The summed E-state index contributed by atoms with van der Waals surface area (Å²) in [7, 11) is 1.52. The van der Waals surface area contributed by atoms with Gasteiger partial charge in [-0.1, -0.05) is 35.3 Å². The van der Waals surface area contributed by atoms with E-state index in [-0.39, 0.29) is 29.2 Å². The quantitative estimate of drug-likeness (QED) is 0.411. The van der Waals surface area contributed by atoms with Gasteiger partial charge in [-0.2, -0.15) is 0 Å². The van der Waals surface area contributed by atoms with Gasteiger partial charge in [-0.05, 0) is 47.5 Å². The number of aromatic nitrogens is 1. The zero-order valence-electron chi connectivity index (χ0n) is 17.3. The highest BCUT2D eigenvalue weighted by Gasteiger charge is 2.29. The predicted octanol–water partition coefficient (Wildman–Crippen LogP) is 4.55. The number of pyridine rings is 1. The number of fused-ring (bicyclic) bond motifs is 1. The number of nitrogens with one attached hydrogen (secondary N) is 2. The van der Waals surface area contributed by atoms with E-state index in [2.05, 4.69) is 15.6 Å². The number of anilines is 1. The molecule has 0 bridgehead atoms. The molecule has 1 aliphatic rings. The Morgan fingerprint density at radius 2 is 1.91 bits per heavy atom. The molecule has 166 valence electrons. The fourth-order valence-electron chi connectivity index (χ4n) is 3.24. The first-order valence-electron chi connectivity index (χ1n) is 9.79. The van der Waals surface area contributed by atoms with E-state index in [0.717, 1.165) is 5.56 Å². The number of hydrogen-bond donors (Lipinski definition) is 2. The second kappa shape index (κ2) is 9.44. The SMILES string of the molecule is COc1ccc(CNC(=O)c2ccc3c(c2)C(=O)/C(=C/c2ccc(Cl)c(Cl)c2)C(=O)N3)cn1. The third-order valence-electron chi connectivity index (χ3n) is 4.98. The summed E-state index contributed by atoms with van der Waals surface area (Å²) in [5.41, 5.74) is 2.12. The van der Waals surface area contributed by atoms with E-state index in [1.54, 1.807) is 42.6 Å². The van der Waals surface area contributed by atoms with Gasteiger partial charge in [0.15, 0.2) is 0 Å². The lowest BCUT2D eigenvalue weighted by Gasteiger charge is -2.19. The highest BCUT2D eigenvalue weighted by atomic mass is 35.5. The monoisotopic (exact) mass is 481 g/mol. The van der Waals surface area contributed by atoms with Crippen molar-refractivity contribution in [3.63, 3.8) is 0 Å². The summed E-state index contributed by atoms with van der Waals surface area (Å²) < 4.78 is 5.01. The van der Waals surface area contributed by atoms with Crippen molar-refractivity contribution in [1.82, 2.24) is 10.3 Å². The van der Waals surface area contributed by atoms with E-state index in [1.165, 1.54) is 25.3 Å². The fraction of sp³-hybridized carbons (Fsp3) is 0.0833. The molecule has 0 radical (unpaired) electrons. The largest absolute Gasteiger partial charge is 0.481 e. The van der Waals surface area contributed by atoms with Crippen LogP contribution in [0.3, 0.4) is 0 Å². The Morgan fingerprint density at radius 3 is 2.61 bits per heavy atom. The number of Topliss-reactive ketones (excluding diaryl/α,β-unsaturated/α-hetero) is 1. The standard InChI is InChI=1S/C24H17Cl2N3O4/c1-33-21-7-3-14(11-27-21)12-28-23(31)15-4-6-20-16(10-15)22(30)17(24(32)29-20)8-13-2-5-18(25)19(26)9-13/h2-11H,12H2,1H3,(H,28,31)(H,29,32)/b17-8-. The van der Waals surface area contributed by atoms with Crippen LogP contribution in [0.1, 0.15) is 31.8 Å². The number of ether oxygens (including phenoxy) is 1. The Balaban J connectivity index is 1.55. The van der Waals surface area contributed by atoms with Gasteiger partial charge in [-0.15, -0.1) is 0 Å². The molecule has 1 aromatic heterocycles. The second-order valence-electron chi connectivity index (χ2n) is 7.17. The molecule has 33 heavy (non-hydrogen) atoms. The molecule has 0 unspecified atom stereocenters. The molecule has 0 saturated heterocycles. The fourth-order valence-corrected chi connectivity index (χ4v) is 3.55. The first kappa shape index (κ1) is 22.5. The number of benzene rings is 2. The van der Waals surface area contributed by atoms with Gasteiger partial charge in [0.1, 0.15) is 0 Å². The van der Waals surface area contributed by atoms with Crippen molar-refractivity contribution >= 4 is 52.6 Å². The van der Waals surface area contributed by atoms with Crippen LogP contribution in [0, 0.1) is 0 Å². The van der Waals surface area contributed by atoms with Crippen molar-refractivity contribution < 1.29 is 19.1 Å². The van der Waals surface area contributed by atoms with E-state index in [0.29, 0.717) is 27.2 Å². The van der Waals surface area contributed by atoms with Crippen molar-refractivity contribution in [2.75, 3.05) is 12.4 Å². The molecular weight excluding hydrogens is 465 g/mol. The number of ketones is 1. The Hall–Kier alpha value is -3.68. The molecule has 3 aromatic rings. The molecule has 0 fully saturated rings. The van der Waals surface area contributed by atoms with Crippen LogP contribution in [0.15, 0.2) is 60.3 Å². The van der Waals surface area contributed by atoms with Gasteiger partial charge < -0.3 is 15.4 Å². The lowest BCUT2D eigenvalue weighted by Crippen LogP contribution is -2.28. The Kier molecular flexibility index (Phi) is 6.44. The number of halogens is 2. The molecule has 4 rings (SSSR count). The molecule has 2 N–H and O–H groups in total. The van der Waals surface area contributed by atoms with Crippen molar-refractivity contribution in [2.45, 2.75) is 6.54 Å². The minimum atomic E-state index is -0.539. The molecule has 2 aromatic carbocycles. The molecule has 0 saturated carbocycles. The molecule has 2 amide bonds. The van der Waals surface area contributed by atoms with Crippen LogP contribution >= 0.6 is 23.2 Å². The van der Waals surface area contributed by atoms with Crippen molar-refractivity contribution in [2.24, 2.45) is 0 Å². The number of carbonyl (C=O) groups excluding carboxylic acids is 3. The van der Waals surface area contributed by atoms with Crippen LogP contribution in [0.5, 0.6) is 5.88 Å². The van der Waals surface area contributed by atoms with E-state index in [4.69, 9.17) is 27.9 Å². The van der Waals surface area contributed by atoms with Gasteiger partial charge in [0.2, 0.25) is 11.7 Å². The number of amides is 2. The van der Waals surface area contributed by atoms with E-state index < -0.39 is 11.7 Å². The Morgan fingerprint density at radius 1 is 1.09 bits per heavy atom. The van der Waals surface area contributed by atoms with Gasteiger partial charge in [0.25, 0.3) is 11.8 Å². The summed E-state index contributed by atoms with van der Waals surface area (Å²) in [6.45, 7) is 0.250. The average molecular weight is 482 g/mol. The summed E-state index contributed by atoms with van der Waals surface area (Å²) in [6, 6.07) is 12.8. The van der Waals surface area contributed by atoms with Gasteiger partial charge in [-0.25, -0.2) is 4.98 Å². The smallest absolute Gasteiger partial charge is 0.259 e. The van der Waals surface area contributed by atoms with Crippen LogP contribution in [0.2, 0.25) is 10.0 Å². The maximum atomic E-state index is 13.1. The van der Waals surface area contributed by atoms with E-state index >= 15 is 0 Å². The van der Waals surface area contributed by atoms with Crippen molar-refractivity contribution in [3.05, 3.63) is 92.6 Å². The Bertz CT molecular complexity index is 1300. The second-order valence-corrected chi connectivity index (χ2v) is 7.98. The van der Waals surface area contributed by atoms with E-state index in [9.17, 15) is 14.4 Å². The summed E-state index contributed by atoms with van der Waals surface area (Å²) in [5, 5.41) is 6.14. The zero-order chi connectivity index (χ0) is 23.5. The molecule has 9 heteroatoms. The lowest BCUT2D eigenvalue weighted by atomic mass is 9.93. The van der Waals surface area contributed by atoms with Crippen molar-refractivity contribution in [3.8, 4) is 5.88 Å². The highest BCUT2D eigenvalue weighted by molar-refractivity contribution is 6.42. The third-order valence-corrected chi connectivity index (χ3v) is 5.72. The average Bonchev–Trinajstić information content (AvgIpc) is 2.82. The zero-order valence-corrected chi connectivity index (χ0v) is 18.8. The summed E-state index contributed by atoms with van der Waals surface area (Å²) in [5.74, 6) is -0.921. The third kappa shape index (κ3) is 4.89. The lowest BCUT2D eigenvalue weighted by molar-refractivity contribution is -0.112. The molecule has 0 spiro atoms. The number of hydrogen-bond acceptors (Lipinski definition) is 5. The number of rotatable bonds is 5. The Labute approximate surface area is 199 Å². The molecule has 2 heterocycles. The molecular formula is C24H17Cl2N3O4.